The van der Waals surface area contributed by atoms with Crippen LogP contribution in [0.1, 0.15) is 36.8 Å². The van der Waals surface area contributed by atoms with Gasteiger partial charge in [-0.15, -0.1) is 0 Å². The minimum atomic E-state index is 0.298. The third-order valence-electron chi connectivity index (χ3n) is 5.44. The highest BCUT2D eigenvalue weighted by molar-refractivity contribution is 5.49. The highest BCUT2D eigenvalue weighted by Gasteiger charge is 2.20. The first-order valence-corrected chi connectivity index (χ1v) is 9.91. The van der Waals surface area contributed by atoms with Crippen LogP contribution in [0.3, 0.4) is 0 Å². The van der Waals surface area contributed by atoms with E-state index >= 15 is 0 Å². The van der Waals surface area contributed by atoms with Crippen LogP contribution in [0, 0.1) is 12.8 Å². The number of aryl methyl sites for hydroxylation is 1. The molecule has 0 atom stereocenters. The molecule has 2 aromatic rings. The number of nitrogens with one attached hydrogen (secondary N) is 1. The number of rotatable bonds is 6. The second kappa shape index (κ2) is 9.09. The van der Waals surface area contributed by atoms with Gasteiger partial charge in [0.25, 0.3) is 0 Å². The Bertz CT molecular complexity index is 790. The van der Waals surface area contributed by atoms with E-state index in [1.54, 1.807) is 6.20 Å². The smallest absolute Gasteiger partial charge is 0.165 e. The summed E-state index contributed by atoms with van der Waals surface area (Å²) in [5, 5.41) is 13.8. The predicted molar refractivity (Wildman–Crippen MR) is 110 cm³/mol. The van der Waals surface area contributed by atoms with E-state index in [0.29, 0.717) is 11.5 Å². The van der Waals surface area contributed by atoms with Gasteiger partial charge >= 0.3 is 0 Å². The molecule has 0 spiro atoms. The molecule has 1 fully saturated rings. The van der Waals surface area contributed by atoms with E-state index in [1.165, 1.54) is 18.4 Å². The lowest BCUT2D eigenvalue weighted by atomic mass is 9.86. The second-order valence-electron chi connectivity index (χ2n) is 7.86. The molecule has 0 bridgehead atoms. The summed E-state index contributed by atoms with van der Waals surface area (Å²) >= 11 is 0. The Balaban J connectivity index is 1.53. The molecule has 146 valence electrons. The molecule has 0 saturated heterocycles. The zero-order chi connectivity index (χ0) is 19.2. The van der Waals surface area contributed by atoms with Crippen LogP contribution in [0.15, 0.2) is 47.6 Å². The van der Waals surface area contributed by atoms with Crippen molar-refractivity contribution in [1.82, 2.24) is 10.0 Å². The first-order valence-electron chi connectivity index (χ1n) is 9.91. The molecule has 0 unspecified atom stereocenters. The maximum atomic E-state index is 10.2. The van der Waals surface area contributed by atoms with Crippen LogP contribution in [-0.4, -0.2) is 36.6 Å². The van der Waals surface area contributed by atoms with Gasteiger partial charge in [0, 0.05) is 32.4 Å². The minimum absolute atomic E-state index is 0.298. The standard InChI is InChI=1S/C22H32N4O/c1-17-16-26(27)22(13-21(17)25(2)3)24-20-11-9-19(10-12-20)15-23-14-18-7-5-4-6-8-18/h4-8,13,16,19-20,23,27H,9-12,14-15H2,1-3H3. The maximum absolute atomic E-state index is 10.2. The molecular formula is C22H32N4O. The molecule has 2 N–H and O–H groups in total. The number of pyridine rings is 1. The lowest BCUT2D eigenvalue weighted by Gasteiger charge is -2.26. The molecule has 0 amide bonds. The molecule has 1 aliphatic rings. The molecule has 5 nitrogen and oxygen atoms in total. The van der Waals surface area contributed by atoms with E-state index < -0.39 is 0 Å². The highest BCUT2D eigenvalue weighted by atomic mass is 16.5. The van der Waals surface area contributed by atoms with Crippen LogP contribution in [-0.2, 0) is 6.54 Å². The fraction of sp³-hybridized carbons (Fsp3) is 0.500. The summed E-state index contributed by atoms with van der Waals surface area (Å²) < 4.78 is 1.16. The van der Waals surface area contributed by atoms with Crippen LogP contribution in [0.5, 0.6) is 0 Å². The fourth-order valence-electron chi connectivity index (χ4n) is 3.88. The SMILES string of the molecule is Cc1cn(O)c(=NC2CCC(CNCc3ccccc3)CC2)cc1N(C)C. The van der Waals surface area contributed by atoms with Gasteiger partial charge in [0.2, 0.25) is 0 Å². The summed E-state index contributed by atoms with van der Waals surface area (Å²) in [5.74, 6) is 0.719. The van der Waals surface area contributed by atoms with E-state index in [0.717, 1.165) is 47.8 Å². The van der Waals surface area contributed by atoms with Crippen molar-refractivity contribution in [2.24, 2.45) is 10.9 Å². The molecular weight excluding hydrogens is 336 g/mol. The van der Waals surface area contributed by atoms with Gasteiger partial charge in [-0.1, -0.05) is 30.3 Å². The molecule has 1 saturated carbocycles. The van der Waals surface area contributed by atoms with E-state index in [-0.39, 0.29) is 0 Å². The summed E-state index contributed by atoms with van der Waals surface area (Å²) in [6, 6.07) is 12.8. The van der Waals surface area contributed by atoms with Crippen LogP contribution in [0.4, 0.5) is 5.69 Å². The fourth-order valence-corrected chi connectivity index (χ4v) is 3.88. The largest absolute Gasteiger partial charge is 0.427 e. The van der Waals surface area contributed by atoms with Gasteiger partial charge < -0.3 is 15.4 Å². The Hall–Kier alpha value is -2.27. The molecule has 1 heterocycles. The van der Waals surface area contributed by atoms with E-state index in [4.69, 9.17) is 4.99 Å². The van der Waals surface area contributed by atoms with E-state index in [2.05, 4.69) is 40.5 Å². The summed E-state index contributed by atoms with van der Waals surface area (Å²) in [5.41, 5.74) is 4.12. The third kappa shape index (κ3) is 5.36. The number of nitrogens with zero attached hydrogens (tertiary/aromatic N) is 3. The summed E-state index contributed by atoms with van der Waals surface area (Å²) in [7, 11) is 4.03. The number of hydrogen-bond donors (Lipinski definition) is 2. The van der Waals surface area contributed by atoms with Crippen molar-refractivity contribution in [3.05, 3.63) is 59.2 Å². The Morgan fingerprint density at radius 2 is 1.85 bits per heavy atom. The van der Waals surface area contributed by atoms with E-state index in [1.807, 2.05) is 27.1 Å². The predicted octanol–water partition coefficient (Wildman–Crippen LogP) is 3.35. The summed E-state index contributed by atoms with van der Waals surface area (Å²) in [6.45, 7) is 4.00. The topological polar surface area (TPSA) is 52.8 Å². The van der Waals surface area contributed by atoms with Gasteiger partial charge in [0.05, 0.1) is 12.2 Å². The molecule has 1 aliphatic carbocycles. The first kappa shape index (κ1) is 19.5. The first-order chi connectivity index (χ1) is 13.0. The Labute approximate surface area is 162 Å². The van der Waals surface area contributed by atoms with Crippen molar-refractivity contribution < 1.29 is 5.21 Å². The number of anilines is 1. The third-order valence-corrected chi connectivity index (χ3v) is 5.44. The van der Waals surface area contributed by atoms with Crippen LogP contribution >= 0.6 is 0 Å². The highest BCUT2D eigenvalue weighted by Crippen LogP contribution is 2.25. The van der Waals surface area contributed by atoms with Crippen molar-refractivity contribution >= 4 is 5.69 Å². The number of hydrogen-bond acceptors (Lipinski definition) is 4. The molecule has 27 heavy (non-hydrogen) atoms. The lowest BCUT2D eigenvalue weighted by Crippen LogP contribution is -2.29. The van der Waals surface area contributed by atoms with Crippen molar-refractivity contribution in [3.63, 3.8) is 0 Å². The monoisotopic (exact) mass is 368 g/mol. The van der Waals surface area contributed by atoms with Gasteiger partial charge in [-0.2, -0.15) is 4.73 Å². The zero-order valence-corrected chi connectivity index (χ0v) is 16.7. The molecule has 1 aromatic carbocycles. The Morgan fingerprint density at radius 3 is 2.52 bits per heavy atom. The van der Waals surface area contributed by atoms with Crippen LogP contribution < -0.4 is 15.7 Å². The van der Waals surface area contributed by atoms with Crippen molar-refractivity contribution in [2.75, 3.05) is 25.5 Å². The van der Waals surface area contributed by atoms with Crippen molar-refractivity contribution in [2.45, 2.75) is 45.2 Å². The van der Waals surface area contributed by atoms with Crippen molar-refractivity contribution in [1.29, 1.82) is 0 Å². The second-order valence-corrected chi connectivity index (χ2v) is 7.86. The molecule has 1 aromatic heterocycles. The molecule has 0 aliphatic heterocycles. The quantitative estimate of drug-likeness (QED) is 0.769. The van der Waals surface area contributed by atoms with E-state index in [9.17, 15) is 5.21 Å². The van der Waals surface area contributed by atoms with Gasteiger partial charge in [-0.3, -0.25) is 4.99 Å². The van der Waals surface area contributed by atoms with Gasteiger partial charge in [0.15, 0.2) is 5.49 Å². The minimum Gasteiger partial charge on any atom is -0.427 e. The molecule has 0 radical (unpaired) electrons. The van der Waals surface area contributed by atoms with Crippen molar-refractivity contribution in [3.8, 4) is 0 Å². The van der Waals surface area contributed by atoms with Crippen LogP contribution in [0.2, 0.25) is 0 Å². The number of aromatic nitrogens is 1. The van der Waals surface area contributed by atoms with Crippen LogP contribution in [0.25, 0.3) is 0 Å². The summed E-state index contributed by atoms with van der Waals surface area (Å²) in [4.78, 5) is 6.89. The Kier molecular flexibility index (Phi) is 6.56. The van der Waals surface area contributed by atoms with Gasteiger partial charge in [-0.25, -0.2) is 0 Å². The number of benzene rings is 1. The molecule has 3 rings (SSSR count). The Morgan fingerprint density at radius 1 is 1.15 bits per heavy atom. The lowest BCUT2D eigenvalue weighted by molar-refractivity contribution is 0.169. The zero-order valence-electron chi connectivity index (χ0n) is 16.7. The average molecular weight is 369 g/mol. The summed E-state index contributed by atoms with van der Waals surface area (Å²) in [6.07, 6.45) is 6.29. The maximum Gasteiger partial charge on any atom is 0.165 e. The average Bonchev–Trinajstić information content (AvgIpc) is 2.66. The normalized spacial score (nSPS) is 20.6. The van der Waals surface area contributed by atoms with Gasteiger partial charge in [0.1, 0.15) is 0 Å². The van der Waals surface area contributed by atoms with Gasteiger partial charge in [-0.05, 0) is 56.2 Å². The molecule has 5 heteroatoms.